The Morgan fingerprint density at radius 3 is 2.33 bits per heavy atom. The Morgan fingerprint density at radius 1 is 1.11 bits per heavy atom. The molecule has 2 fully saturated rings. The maximum Gasteiger partial charge on any atom is 0.416 e. The number of sulfonamides is 1. The zero-order valence-corrected chi connectivity index (χ0v) is 21.1. The average molecular weight is 524 g/mol. The van der Waals surface area contributed by atoms with Crippen LogP contribution in [0.25, 0.3) is 0 Å². The highest BCUT2D eigenvalue weighted by Gasteiger charge is 2.62. The van der Waals surface area contributed by atoms with Crippen LogP contribution in [0.1, 0.15) is 41.4 Å². The molecule has 1 heterocycles. The normalized spacial score (nSPS) is 24.4. The van der Waals surface area contributed by atoms with Gasteiger partial charge in [-0.2, -0.15) is 13.2 Å². The van der Waals surface area contributed by atoms with Crippen molar-refractivity contribution >= 4 is 21.8 Å². The molecule has 2 aromatic rings. The Kier molecular flexibility index (Phi) is 6.67. The molecule has 0 aromatic heterocycles. The van der Waals surface area contributed by atoms with Crippen LogP contribution in [0.15, 0.2) is 53.4 Å². The summed E-state index contributed by atoms with van der Waals surface area (Å²) in [5.74, 6) is -0.425. The molecule has 36 heavy (non-hydrogen) atoms. The van der Waals surface area contributed by atoms with Crippen LogP contribution in [-0.2, 0) is 21.0 Å². The van der Waals surface area contributed by atoms with Crippen LogP contribution in [0.2, 0.25) is 0 Å². The second kappa shape index (κ2) is 9.19. The predicted molar refractivity (Wildman–Crippen MR) is 126 cm³/mol. The lowest BCUT2D eigenvalue weighted by Crippen LogP contribution is -2.49. The Bertz CT molecular complexity index is 1280. The maximum atomic E-state index is 13.4. The van der Waals surface area contributed by atoms with E-state index in [1.165, 1.54) is 55.4 Å². The first-order chi connectivity index (χ1) is 16.7. The van der Waals surface area contributed by atoms with Crippen molar-refractivity contribution < 1.29 is 31.2 Å². The first kappa shape index (κ1) is 26.2. The van der Waals surface area contributed by atoms with Gasteiger partial charge >= 0.3 is 6.18 Å². The van der Waals surface area contributed by atoms with E-state index in [0.717, 1.165) is 16.4 Å². The lowest BCUT2D eigenvalue weighted by molar-refractivity contribution is -0.137. The summed E-state index contributed by atoms with van der Waals surface area (Å²) >= 11 is 0. The third kappa shape index (κ3) is 4.73. The summed E-state index contributed by atoms with van der Waals surface area (Å²) in [6.45, 7) is 4.06. The molecule has 0 unspecified atom stereocenters. The molecule has 1 saturated heterocycles. The van der Waals surface area contributed by atoms with E-state index in [2.05, 4.69) is 5.32 Å². The highest BCUT2D eigenvalue weighted by atomic mass is 32.2. The zero-order valence-electron chi connectivity index (χ0n) is 20.3. The van der Waals surface area contributed by atoms with Crippen molar-refractivity contribution in [2.24, 2.45) is 17.8 Å². The molecule has 2 aliphatic rings. The van der Waals surface area contributed by atoms with E-state index < -0.39 is 39.8 Å². The zero-order chi connectivity index (χ0) is 26.6. The van der Waals surface area contributed by atoms with Crippen molar-refractivity contribution in [2.75, 3.05) is 20.6 Å². The third-order valence-electron chi connectivity index (χ3n) is 7.23. The largest absolute Gasteiger partial charge is 0.416 e. The molecule has 4 rings (SSSR count). The molecule has 1 aliphatic carbocycles. The summed E-state index contributed by atoms with van der Waals surface area (Å²) < 4.78 is 64.7. The van der Waals surface area contributed by atoms with Crippen LogP contribution in [0.3, 0.4) is 0 Å². The van der Waals surface area contributed by atoms with E-state index >= 15 is 0 Å². The summed E-state index contributed by atoms with van der Waals surface area (Å²) in [5.41, 5.74) is -0.0971. The number of benzene rings is 2. The highest BCUT2D eigenvalue weighted by molar-refractivity contribution is 7.89. The molecule has 5 atom stereocenters. The minimum atomic E-state index is -4.45. The fraction of sp³-hybridized carbons (Fsp3) is 0.440. The van der Waals surface area contributed by atoms with E-state index in [0.29, 0.717) is 12.1 Å². The highest BCUT2D eigenvalue weighted by Crippen LogP contribution is 2.55. The monoisotopic (exact) mass is 523 g/mol. The summed E-state index contributed by atoms with van der Waals surface area (Å²) in [6.07, 6.45) is -4.45. The Balaban J connectivity index is 1.53. The van der Waals surface area contributed by atoms with Crippen molar-refractivity contribution in [3.05, 3.63) is 65.2 Å². The number of piperidine rings is 1. The number of hydrogen-bond acceptors (Lipinski definition) is 4. The van der Waals surface area contributed by atoms with Crippen molar-refractivity contribution in [2.45, 2.75) is 37.0 Å². The molecule has 11 heteroatoms. The number of nitrogens with one attached hydrogen (secondary N) is 1. The van der Waals surface area contributed by atoms with E-state index in [9.17, 15) is 31.2 Å². The summed E-state index contributed by atoms with van der Waals surface area (Å²) in [4.78, 5) is 28.2. The number of hydrogen-bond donors (Lipinski definition) is 1. The quantitative estimate of drug-likeness (QED) is 0.628. The summed E-state index contributed by atoms with van der Waals surface area (Å²) in [7, 11) is -0.943. The second-order valence-corrected chi connectivity index (χ2v) is 11.8. The Morgan fingerprint density at radius 2 is 1.75 bits per heavy atom. The van der Waals surface area contributed by atoms with Crippen LogP contribution >= 0.6 is 0 Å². The van der Waals surface area contributed by atoms with E-state index in [4.69, 9.17) is 0 Å². The van der Waals surface area contributed by atoms with Gasteiger partial charge in [0, 0.05) is 26.2 Å². The van der Waals surface area contributed by atoms with Gasteiger partial charge in [-0.05, 0) is 60.6 Å². The molecule has 194 valence electrons. The molecule has 1 aliphatic heterocycles. The van der Waals surface area contributed by atoms with Crippen LogP contribution in [0.5, 0.6) is 0 Å². The summed E-state index contributed by atoms with van der Waals surface area (Å²) in [6, 6.07) is 9.00. The lowest BCUT2D eigenvalue weighted by Gasteiger charge is -2.29. The van der Waals surface area contributed by atoms with Crippen LogP contribution in [0.4, 0.5) is 13.2 Å². The topological polar surface area (TPSA) is 86.8 Å². The van der Waals surface area contributed by atoms with Crippen LogP contribution < -0.4 is 5.32 Å². The van der Waals surface area contributed by atoms with Crippen molar-refractivity contribution in [3.8, 4) is 0 Å². The fourth-order valence-electron chi connectivity index (χ4n) is 4.97. The number of alkyl halides is 3. The smallest absolute Gasteiger partial charge is 0.348 e. The molecular formula is C25H28F3N3O4S. The van der Waals surface area contributed by atoms with Gasteiger partial charge in [0.05, 0.1) is 16.5 Å². The van der Waals surface area contributed by atoms with Crippen LogP contribution in [0, 0.1) is 17.8 Å². The number of carbonyl (C=O) groups is 2. The van der Waals surface area contributed by atoms with Crippen molar-refractivity contribution in [1.29, 1.82) is 0 Å². The number of amides is 2. The molecule has 0 spiro atoms. The SMILES string of the molecule is C[C@@H]1[C@@H]2CN(C(=O)c3cccc(S(=O)(=O)N(C)C)c3)[C@@H](C(=O)N[C@H](C)c3ccc(C(F)(F)F)cc3)[C@H]12. The minimum absolute atomic E-state index is 0.0204. The van der Waals surface area contributed by atoms with Gasteiger partial charge in [-0.25, -0.2) is 12.7 Å². The molecule has 0 radical (unpaired) electrons. The van der Waals surface area contributed by atoms with E-state index in [1.807, 2.05) is 6.92 Å². The maximum absolute atomic E-state index is 13.4. The van der Waals surface area contributed by atoms with Gasteiger partial charge in [-0.1, -0.05) is 25.1 Å². The molecular weight excluding hydrogens is 495 g/mol. The first-order valence-corrected chi connectivity index (χ1v) is 13.0. The van der Waals surface area contributed by atoms with Gasteiger partial charge in [0.25, 0.3) is 5.91 Å². The summed E-state index contributed by atoms with van der Waals surface area (Å²) in [5, 5.41) is 2.84. The third-order valence-corrected chi connectivity index (χ3v) is 9.04. The number of likely N-dealkylation sites (tertiary alicyclic amines) is 1. The second-order valence-electron chi connectivity index (χ2n) is 9.67. The van der Waals surface area contributed by atoms with Crippen molar-refractivity contribution in [1.82, 2.24) is 14.5 Å². The Labute approximate surface area is 208 Å². The molecule has 2 amide bonds. The van der Waals surface area contributed by atoms with Gasteiger partial charge in [-0.15, -0.1) is 0 Å². The predicted octanol–water partition coefficient (Wildman–Crippen LogP) is 3.54. The number of halogens is 3. The molecule has 1 N–H and O–H groups in total. The Hall–Kier alpha value is -2.92. The molecule has 2 aromatic carbocycles. The molecule has 0 bridgehead atoms. The molecule has 1 saturated carbocycles. The number of fused-ring (bicyclic) bond motifs is 1. The number of rotatable bonds is 6. The standard InChI is InChI=1S/C25H28F3N3O4S/c1-14-20-13-31(24(33)17-6-5-7-19(12-17)36(34,35)30(3)4)22(21(14)20)23(32)29-15(2)16-8-10-18(11-9-16)25(26,27)28/h5-12,14-15,20-22H,13H2,1-4H3,(H,29,32)/t14-,15-,20+,21-,22-/m1/s1. The van der Waals surface area contributed by atoms with Crippen molar-refractivity contribution in [3.63, 3.8) is 0 Å². The van der Waals surface area contributed by atoms with E-state index in [1.54, 1.807) is 6.92 Å². The van der Waals surface area contributed by atoms with Crippen LogP contribution in [-0.4, -0.2) is 56.1 Å². The minimum Gasteiger partial charge on any atom is -0.348 e. The molecule has 7 nitrogen and oxygen atoms in total. The van der Waals surface area contributed by atoms with Gasteiger partial charge in [0.1, 0.15) is 6.04 Å². The first-order valence-electron chi connectivity index (χ1n) is 11.5. The fourth-order valence-corrected chi connectivity index (χ4v) is 5.92. The van der Waals surface area contributed by atoms with Gasteiger partial charge < -0.3 is 10.2 Å². The number of carbonyl (C=O) groups excluding carboxylic acids is 2. The lowest BCUT2D eigenvalue weighted by atomic mass is 10.0. The average Bonchev–Trinajstić information content (AvgIpc) is 3.26. The van der Waals surface area contributed by atoms with Gasteiger partial charge in [0.2, 0.25) is 15.9 Å². The van der Waals surface area contributed by atoms with Gasteiger partial charge in [-0.3, -0.25) is 9.59 Å². The van der Waals surface area contributed by atoms with E-state index in [-0.39, 0.29) is 34.1 Å². The van der Waals surface area contributed by atoms with Gasteiger partial charge in [0.15, 0.2) is 0 Å². The number of nitrogens with zero attached hydrogens (tertiary/aromatic N) is 2.